The minimum atomic E-state index is -0.0239. The van der Waals surface area contributed by atoms with Crippen molar-refractivity contribution < 1.29 is 9.47 Å². The molecule has 0 radical (unpaired) electrons. The molecule has 0 bridgehead atoms. The van der Waals surface area contributed by atoms with Gasteiger partial charge in [0.05, 0.1) is 0 Å². The Hall–Kier alpha value is -0.120. The lowest BCUT2D eigenvalue weighted by Gasteiger charge is -2.29. The fourth-order valence-electron chi connectivity index (χ4n) is 3.37. The van der Waals surface area contributed by atoms with Crippen LogP contribution in [0.2, 0.25) is 0 Å². The summed E-state index contributed by atoms with van der Waals surface area (Å²) in [4.78, 5) is 0. The molecule has 3 nitrogen and oxygen atoms in total. The van der Waals surface area contributed by atoms with Crippen molar-refractivity contribution in [2.24, 2.45) is 11.8 Å². The molecule has 0 fully saturated rings. The molecule has 0 spiro atoms. The fraction of sp³-hybridized carbons (Fsp3) is 1.00. The Balaban J connectivity index is 4.28. The maximum absolute atomic E-state index is 5.92. The fourth-order valence-corrected chi connectivity index (χ4v) is 3.37. The van der Waals surface area contributed by atoms with Crippen molar-refractivity contribution in [3.8, 4) is 0 Å². The molecule has 2 unspecified atom stereocenters. The van der Waals surface area contributed by atoms with Gasteiger partial charge in [-0.2, -0.15) is 0 Å². The van der Waals surface area contributed by atoms with E-state index in [1.807, 2.05) is 0 Å². The second kappa shape index (κ2) is 17.7. The SMILES string of the molecule is CCCCCCCCCC(CC(C)CNCC)C(OCC)OCC. The zero-order valence-electron chi connectivity index (χ0n) is 17.2. The van der Waals surface area contributed by atoms with Gasteiger partial charge in [-0.1, -0.05) is 65.7 Å². The maximum Gasteiger partial charge on any atom is 0.160 e. The summed E-state index contributed by atoms with van der Waals surface area (Å²) >= 11 is 0. The number of unbranched alkanes of at least 4 members (excludes halogenated alkanes) is 6. The Labute approximate surface area is 152 Å². The second-order valence-electron chi connectivity index (χ2n) is 7.10. The average Bonchev–Trinajstić information content (AvgIpc) is 2.58. The van der Waals surface area contributed by atoms with Crippen LogP contribution >= 0.6 is 0 Å². The molecule has 0 aromatic heterocycles. The van der Waals surface area contributed by atoms with Gasteiger partial charge in [-0.25, -0.2) is 0 Å². The first-order valence-electron chi connectivity index (χ1n) is 10.6. The van der Waals surface area contributed by atoms with Crippen LogP contribution in [0, 0.1) is 11.8 Å². The Bertz CT molecular complexity index is 242. The van der Waals surface area contributed by atoms with E-state index < -0.39 is 0 Å². The van der Waals surface area contributed by atoms with E-state index in [1.54, 1.807) is 0 Å². The number of rotatable bonds is 18. The van der Waals surface area contributed by atoms with Crippen molar-refractivity contribution in [3.63, 3.8) is 0 Å². The third-order valence-electron chi connectivity index (χ3n) is 4.67. The topological polar surface area (TPSA) is 30.5 Å². The van der Waals surface area contributed by atoms with Crippen molar-refractivity contribution in [2.45, 2.75) is 98.7 Å². The van der Waals surface area contributed by atoms with Crippen LogP contribution in [0.15, 0.2) is 0 Å². The van der Waals surface area contributed by atoms with Crippen molar-refractivity contribution in [1.82, 2.24) is 5.32 Å². The van der Waals surface area contributed by atoms with E-state index in [0.29, 0.717) is 11.8 Å². The summed E-state index contributed by atoms with van der Waals surface area (Å²) in [7, 11) is 0. The van der Waals surface area contributed by atoms with E-state index in [2.05, 4.69) is 39.9 Å². The molecule has 0 aromatic carbocycles. The number of ether oxygens (including phenoxy) is 2. The molecule has 0 aliphatic heterocycles. The van der Waals surface area contributed by atoms with Gasteiger partial charge in [0.2, 0.25) is 0 Å². The second-order valence-corrected chi connectivity index (χ2v) is 7.10. The first-order valence-corrected chi connectivity index (χ1v) is 10.6. The van der Waals surface area contributed by atoms with Crippen LogP contribution < -0.4 is 5.32 Å². The van der Waals surface area contributed by atoms with E-state index in [1.165, 1.54) is 57.8 Å². The highest BCUT2D eigenvalue weighted by atomic mass is 16.7. The summed E-state index contributed by atoms with van der Waals surface area (Å²) in [5.41, 5.74) is 0. The highest BCUT2D eigenvalue weighted by molar-refractivity contribution is 4.69. The van der Waals surface area contributed by atoms with Gasteiger partial charge in [0, 0.05) is 19.1 Å². The van der Waals surface area contributed by atoms with Crippen LogP contribution in [0.5, 0.6) is 0 Å². The number of nitrogens with one attached hydrogen (secondary N) is 1. The smallest absolute Gasteiger partial charge is 0.160 e. The van der Waals surface area contributed by atoms with Crippen LogP contribution in [0.3, 0.4) is 0 Å². The predicted molar refractivity (Wildman–Crippen MR) is 105 cm³/mol. The average molecular weight is 344 g/mol. The highest BCUT2D eigenvalue weighted by Gasteiger charge is 2.24. The molecule has 24 heavy (non-hydrogen) atoms. The number of hydrogen-bond donors (Lipinski definition) is 1. The van der Waals surface area contributed by atoms with Gasteiger partial charge >= 0.3 is 0 Å². The minimum Gasteiger partial charge on any atom is -0.353 e. The van der Waals surface area contributed by atoms with Crippen molar-refractivity contribution >= 4 is 0 Å². The Morgan fingerprint density at radius 1 is 0.792 bits per heavy atom. The zero-order chi connectivity index (χ0) is 18.0. The molecule has 0 saturated carbocycles. The molecule has 0 aliphatic rings. The van der Waals surface area contributed by atoms with Gasteiger partial charge in [-0.05, 0) is 45.7 Å². The molecular formula is C21H45NO2. The Morgan fingerprint density at radius 3 is 1.92 bits per heavy atom. The lowest BCUT2D eigenvalue weighted by atomic mass is 9.90. The molecule has 0 aromatic rings. The van der Waals surface area contributed by atoms with Crippen molar-refractivity contribution in [2.75, 3.05) is 26.3 Å². The zero-order valence-corrected chi connectivity index (χ0v) is 17.2. The Morgan fingerprint density at radius 2 is 1.38 bits per heavy atom. The standard InChI is InChI=1S/C21H45NO2/c1-6-10-11-12-13-14-15-16-20(17-19(5)18-22-7-2)21(23-8-3)24-9-4/h19-22H,6-18H2,1-5H3. The summed E-state index contributed by atoms with van der Waals surface area (Å²) in [5.74, 6) is 1.19. The van der Waals surface area contributed by atoms with Crippen molar-refractivity contribution in [3.05, 3.63) is 0 Å². The minimum absolute atomic E-state index is 0.0239. The third-order valence-corrected chi connectivity index (χ3v) is 4.67. The maximum atomic E-state index is 5.92. The molecule has 3 heteroatoms. The summed E-state index contributed by atoms with van der Waals surface area (Å²) < 4.78 is 11.8. The molecule has 0 amide bonds. The van der Waals surface area contributed by atoms with Crippen LogP contribution in [0.25, 0.3) is 0 Å². The van der Waals surface area contributed by atoms with Crippen molar-refractivity contribution in [1.29, 1.82) is 0 Å². The Kier molecular flexibility index (Phi) is 17.6. The monoisotopic (exact) mass is 343 g/mol. The van der Waals surface area contributed by atoms with Gasteiger partial charge in [0.15, 0.2) is 6.29 Å². The third kappa shape index (κ3) is 13.2. The molecule has 1 N–H and O–H groups in total. The molecule has 0 aliphatic carbocycles. The van der Waals surface area contributed by atoms with Gasteiger partial charge in [0.1, 0.15) is 0 Å². The number of hydrogen-bond acceptors (Lipinski definition) is 3. The molecule has 0 heterocycles. The van der Waals surface area contributed by atoms with Crippen LogP contribution in [0.4, 0.5) is 0 Å². The van der Waals surface area contributed by atoms with Crippen LogP contribution in [-0.4, -0.2) is 32.6 Å². The molecule has 2 atom stereocenters. The predicted octanol–water partition coefficient (Wildman–Crippen LogP) is 5.78. The van der Waals surface area contributed by atoms with Gasteiger partial charge in [-0.3, -0.25) is 0 Å². The van der Waals surface area contributed by atoms with E-state index in [0.717, 1.165) is 26.3 Å². The normalized spacial score (nSPS) is 14.2. The van der Waals surface area contributed by atoms with E-state index >= 15 is 0 Å². The summed E-state index contributed by atoms with van der Waals surface area (Å²) in [6, 6.07) is 0. The quantitative estimate of drug-likeness (QED) is 0.253. The molecule has 146 valence electrons. The van der Waals surface area contributed by atoms with E-state index in [9.17, 15) is 0 Å². The highest BCUT2D eigenvalue weighted by Crippen LogP contribution is 2.25. The van der Waals surface area contributed by atoms with Crippen LogP contribution in [-0.2, 0) is 9.47 Å². The summed E-state index contributed by atoms with van der Waals surface area (Å²) in [6.45, 7) is 14.5. The largest absolute Gasteiger partial charge is 0.353 e. The van der Waals surface area contributed by atoms with Gasteiger partial charge in [0.25, 0.3) is 0 Å². The van der Waals surface area contributed by atoms with Crippen LogP contribution in [0.1, 0.15) is 92.4 Å². The first kappa shape index (κ1) is 23.9. The van der Waals surface area contributed by atoms with E-state index in [4.69, 9.17) is 9.47 Å². The molecule has 0 saturated heterocycles. The molecule has 0 rings (SSSR count). The summed E-state index contributed by atoms with van der Waals surface area (Å²) in [6.07, 6.45) is 12.0. The first-order chi connectivity index (χ1) is 11.7. The molecular weight excluding hydrogens is 298 g/mol. The summed E-state index contributed by atoms with van der Waals surface area (Å²) in [5, 5.41) is 3.47. The van der Waals surface area contributed by atoms with E-state index in [-0.39, 0.29) is 6.29 Å². The van der Waals surface area contributed by atoms with Gasteiger partial charge < -0.3 is 14.8 Å². The lowest BCUT2D eigenvalue weighted by molar-refractivity contribution is -0.171. The lowest BCUT2D eigenvalue weighted by Crippen LogP contribution is -2.31. The van der Waals surface area contributed by atoms with Gasteiger partial charge in [-0.15, -0.1) is 0 Å².